The van der Waals surface area contributed by atoms with Gasteiger partial charge in [-0.3, -0.25) is 14.4 Å². The smallest absolute Gasteiger partial charge is 0.258 e. The topological polar surface area (TPSA) is 66.5 Å². The Morgan fingerprint density at radius 3 is 2.39 bits per heavy atom. The Morgan fingerprint density at radius 1 is 0.871 bits per heavy atom. The molecule has 0 spiro atoms. The molecule has 31 heavy (non-hydrogen) atoms. The minimum absolute atomic E-state index is 0.0573. The summed E-state index contributed by atoms with van der Waals surface area (Å²) in [7, 11) is 0. The molecule has 1 aliphatic rings. The van der Waals surface area contributed by atoms with Crippen molar-refractivity contribution in [2.45, 2.75) is 26.7 Å². The van der Waals surface area contributed by atoms with Gasteiger partial charge < -0.3 is 10.2 Å². The number of carbonyl (C=O) groups excluding carboxylic acids is 3. The molecule has 0 saturated heterocycles. The largest absolute Gasteiger partial charge is 0.322 e. The molecule has 0 aromatic heterocycles. The summed E-state index contributed by atoms with van der Waals surface area (Å²) in [5.41, 5.74) is 4.50. The fraction of sp³-hybridized carbons (Fsp3) is 0.192. The molecule has 2 amide bonds. The van der Waals surface area contributed by atoms with Crippen LogP contribution in [0.1, 0.15) is 55.0 Å². The van der Waals surface area contributed by atoms with Crippen molar-refractivity contribution in [1.82, 2.24) is 0 Å². The van der Waals surface area contributed by atoms with Crippen LogP contribution in [-0.2, 0) is 0 Å². The van der Waals surface area contributed by atoms with Gasteiger partial charge in [-0.2, -0.15) is 0 Å². The highest BCUT2D eigenvalue weighted by atomic mass is 16.2. The summed E-state index contributed by atoms with van der Waals surface area (Å²) in [5.74, 6) is -0.329. The molecule has 0 radical (unpaired) electrons. The van der Waals surface area contributed by atoms with E-state index in [1.165, 1.54) is 0 Å². The first-order chi connectivity index (χ1) is 15.0. The highest BCUT2D eigenvalue weighted by molar-refractivity contribution is 6.13. The Bertz CT molecular complexity index is 1180. The van der Waals surface area contributed by atoms with Crippen molar-refractivity contribution in [2.75, 3.05) is 16.8 Å². The van der Waals surface area contributed by atoms with Gasteiger partial charge in [-0.15, -0.1) is 0 Å². The SMILES string of the molecule is Cc1ccccc1C(=O)Nc1cccc(C(=O)N2CCCC(=O)c3ccccc32)c1C. The zero-order valence-electron chi connectivity index (χ0n) is 17.6. The van der Waals surface area contributed by atoms with Crippen LogP contribution in [0.4, 0.5) is 11.4 Å². The van der Waals surface area contributed by atoms with Crippen LogP contribution in [0.5, 0.6) is 0 Å². The number of nitrogens with one attached hydrogen (secondary N) is 1. The van der Waals surface area contributed by atoms with Crippen LogP contribution in [0.2, 0.25) is 0 Å². The molecule has 156 valence electrons. The van der Waals surface area contributed by atoms with E-state index in [2.05, 4.69) is 5.32 Å². The number of Topliss-reactive ketones (excluding diaryl/α,β-unsaturated/α-hetero) is 1. The number of ketones is 1. The van der Waals surface area contributed by atoms with E-state index in [4.69, 9.17) is 0 Å². The van der Waals surface area contributed by atoms with Gasteiger partial charge in [0.05, 0.1) is 5.69 Å². The molecule has 5 heteroatoms. The molecule has 0 aliphatic carbocycles. The fourth-order valence-electron chi connectivity index (χ4n) is 3.97. The third-order valence-corrected chi connectivity index (χ3v) is 5.73. The number of anilines is 2. The Balaban J connectivity index is 1.66. The average molecular weight is 412 g/mol. The normalized spacial score (nSPS) is 13.4. The van der Waals surface area contributed by atoms with E-state index in [1.54, 1.807) is 35.2 Å². The van der Waals surface area contributed by atoms with Crippen molar-refractivity contribution in [1.29, 1.82) is 0 Å². The zero-order chi connectivity index (χ0) is 22.0. The second-order valence-corrected chi connectivity index (χ2v) is 7.75. The Hall–Kier alpha value is -3.73. The number of rotatable bonds is 3. The lowest BCUT2D eigenvalue weighted by Crippen LogP contribution is -2.32. The lowest BCUT2D eigenvalue weighted by Gasteiger charge is -2.24. The number of carbonyl (C=O) groups is 3. The van der Waals surface area contributed by atoms with Crippen LogP contribution >= 0.6 is 0 Å². The minimum atomic E-state index is -0.212. The maximum atomic E-state index is 13.5. The molecule has 1 heterocycles. The number of hydrogen-bond acceptors (Lipinski definition) is 3. The number of hydrogen-bond donors (Lipinski definition) is 1. The van der Waals surface area contributed by atoms with E-state index in [1.807, 2.05) is 50.2 Å². The summed E-state index contributed by atoms with van der Waals surface area (Å²) in [6, 6.07) is 19.9. The molecule has 5 nitrogen and oxygen atoms in total. The first-order valence-corrected chi connectivity index (χ1v) is 10.4. The maximum absolute atomic E-state index is 13.5. The van der Waals surface area contributed by atoms with E-state index < -0.39 is 0 Å². The molecule has 0 unspecified atom stereocenters. The van der Waals surface area contributed by atoms with E-state index >= 15 is 0 Å². The number of para-hydroxylation sites is 1. The standard InChI is InChI=1S/C26H24N2O3/c1-17-9-3-4-10-19(17)25(30)27-22-13-7-12-20(18(22)2)26(31)28-16-8-15-24(29)21-11-5-6-14-23(21)28/h3-7,9-14H,8,15-16H2,1-2H3,(H,27,30). The van der Waals surface area contributed by atoms with Crippen LogP contribution in [0, 0.1) is 13.8 Å². The second-order valence-electron chi connectivity index (χ2n) is 7.75. The summed E-state index contributed by atoms with van der Waals surface area (Å²) in [4.78, 5) is 40.4. The second kappa shape index (κ2) is 8.56. The quantitative estimate of drug-likeness (QED) is 0.645. The molecule has 0 saturated carbocycles. The number of benzene rings is 3. The highest BCUT2D eigenvalue weighted by Gasteiger charge is 2.27. The molecular weight excluding hydrogens is 388 g/mol. The molecule has 3 aromatic rings. The lowest BCUT2D eigenvalue weighted by atomic mass is 10.0. The van der Waals surface area contributed by atoms with Crippen LogP contribution in [0.15, 0.2) is 66.7 Å². The van der Waals surface area contributed by atoms with Crippen molar-refractivity contribution in [3.63, 3.8) is 0 Å². The van der Waals surface area contributed by atoms with E-state index in [0.29, 0.717) is 53.0 Å². The van der Waals surface area contributed by atoms with E-state index in [-0.39, 0.29) is 17.6 Å². The molecule has 0 fully saturated rings. The fourth-order valence-corrected chi connectivity index (χ4v) is 3.97. The number of amides is 2. The lowest BCUT2D eigenvalue weighted by molar-refractivity contribution is 0.0973. The van der Waals surface area contributed by atoms with Crippen LogP contribution < -0.4 is 10.2 Å². The maximum Gasteiger partial charge on any atom is 0.258 e. The number of nitrogens with zero attached hydrogens (tertiary/aromatic N) is 1. The Morgan fingerprint density at radius 2 is 1.58 bits per heavy atom. The number of fused-ring (bicyclic) bond motifs is 1. The van der Waals surface area contributed by atoms with Crippen molar-refractivity contribution in [2.24, 2.45) is 0 Å². The van der Waals surface area contributed by atoms with Gasteiger partial charge in [0, 0.05) is 35.3 Å². The summed E-state index contributed by atoms with van der Waals surface area (Å²) in [6.07, 6.45) is 1.04. The first kappa shape index (κ1) is 20.5. The molecular formula is C26H24N2O3. The third-order valence-electron chi connectivity index (χ3n) is 5.73. The van der Waals surface area contributed by atoms with Crippen LogP contribution in [-0.4, -0.2) is 24.1 Å². The van der Waals surface area contributed by atoms with Gasteiger partial charge in [0.1, 0.15) is 0 Å². The monoisotopic (exact) mass is 412 g/mol. The number of aryl methyl sites for hydroxylation is 1. The van der Waals surface area contributed by atoms with Crippen molar-refractivity contribution < 1.29 is 14.4 Å². The minimum Gasteiger partial charge on any atom is -0.322 e. The Kier molecular flexibility index (Phi) is 5.67. The van der Waals surface area contributed by atoms with Gasteiger partial charge in [-0.05, 0) is 61.7 Å². The van der Waals surface area contributed by atoms with Crippen molar-refractivity contribution >= 4 is 29.0 Å². The van der Waals surface area contributed by atoms with E-state index in [0.717, 1.165) is 5.56 Å². The van der Waals surface area contributed by atoms with Gasteiger partial charge in [0.25, 0.3) is 11.8 Å². The van der Waals surface area contributed by atoms with Gasteiger partial charge in [-0.25, -0.2) is 0 Å². The third kappa shape index (κ3) is 3.99. The zero-order valence-corrected chi connectivity index (χ0v) is 17.6. The van der Waals surface area contributed by atoms with Crippen LogP contribution in [0.25, 0.3) is 0 Å². The van der Waals surface area contributed by atoms with Gasteiger partial charge in [0.15, 0.2) is 5.78 Å². The predicted octanol–water partition coefficient (Wildman–Crippen LogP) is 5.18. The molecule has 0 bridgehead atoms. The average Bonchev–Trinajstić information content (AvgIpc) is 2.94. The summed E-state index contributed by atoms with van der Waals surface area (Å²) < 4.78 is 0. The van der Waals surface area contributed by atoms with Crippen LogP contribution in [0.3, 0.4) is 0 Å². The van der Waals surface area contributed by atoms with E-state index in [9.17, 15) is 14.4 Å². The summed E-state index contributed by atoms with van der Waals surface area (Å²) in [5, 5.41) is 2.94. The molecule has 3 aromatic carbocycles. The van der Waals surface area contributed by atoms with Crippen molar-refractivity contribution in [3.05, 3.63) is 94.5 Å². The summed E-state index contributed by atoms with van der Waals surface area (Å²) >= 11 is 0. The molecule has 1 N–H and O–H groups in total. The summed E-state index contributed by atoms with van der Waals surface area (Å²) in [6.45, 7) is 4.19. The van der Waals surface area contributed by atoms with Crippen molar-refractivity contribution in [3.8, 4) is 0 Å². The van der Waals surface area contributed by atoms with Gasteiger partial charge in [-0.1, -0.05) is 36.4 Å². The first-order valence-electron chi connectivity index (χ1n) is 10.4. The van der Waals surface area contributed by atoms with Gasteiger partial charge in [0.2, 0.25) is 0 Å². The molecule has 4 rings (SSSR count). The Labute approximate surface area is 181 Å². The molecule has 0 atom stereocenters. The van der Waals surface area contributed by atoms with Gasteiger partial charge >= 0.3 is 0 Å². The predicted molar refractivity (Wildman–Crippen MR) is 122 cm³/mol. The highest BCUT2D eigenvalue weighted by Crippen LogP contribution is 2.29. The molecule has 1 aliphatic heterocycles.